The van der Waals surface area contributed by atoms with Gasteiger partial charge in [-0.2, -0.15) is 0 Å². The predicted octanol–water partition coefficient (Wildman–Crippen LogP) is 4.20. The van der Waals surface area contributed by atoms with Crippen molar-refractivity contribution >= 4 is 39.1 Å². The second-order valence-corrected chi connectivity index (χ2v) is 7.07. The Morgan fingerprint density at radius 2 is 1.78 bits per heavy atom. The Labute approximate surface area is 172 Å². The molecule has 0 spiro atoms. The van der Waals surface area contributed by atoms with Crippen molar-refractivity contribution in [2.45, 2.75) is 6.54 Å². The van der Waals surface area contributed by atoms with Crippen LogP contribution in [0.2, 0.25) is 5.02 Å². The van der Waals surface area contributed by atoms with Crippen molar-refractivity contribution in [2.75, 3.05) is 40.2 Å². The van der Waals surface area contributed by atoms with Gasteiger partial charge in [0.25, 0.3) is 0 Å². The van der Waals surface area contributed by atoms with Gasteiger partial charge >= 0.3 is 0 Å². The normalized spacial score (nSPS) is 10.6. The number of nitrogens with one attached hydrogen (secondary N) is 1. The van der Waals surface area contributed by atoms with Crippen molar-refractivity contribution < 1.29 is 19.0 Å². The van der Waals surface area contributed by atoms with Crippen LogP contribution in [0.15, 0.2) is 34.8 Å². The molecule has 2 aromatic rings. The molecule has 0 aliphatic carbocycles. The van der Waals surface area contributed by atoms with E-state index in [1.807, 2.05) is 24.1 Å². The van der Waals surface area contributed by atoms with Crippen LogP contribution in [-0.4, -0.2) is 45.7 Å². The number of hydrogen-bond acceptors (Lipinski definition) is 5. The smallest absolute Gasteiger partial charge is 0.238 e. The number of anilines is 1. The molecule has 146 valence electrons. The Kier molecular flexibility index (Phi) is 7.77. The SMILES string of the molecule is COc1ccc(Cl)cc1NC(=O)CN(C)Cc1ccc(OC)c(OC)c1Br. The first-order valence-corrected chi connectivity index (χ1v) is 9.28. The zero-order valence-electron chi connectivity index (χ0n) is 15.6. The molecule has 0 saturated heterocycles. The number of nitrogens with zero attached hydrogens (tertiary/aromatic N) is 1. The second-order valence-electron chi connectivity index (χ2n) is 5.84. The van der Waals surface area contributed by atoms with E-state index < -0.39 is 0 Å². The van der Waals surface area contributed by atoms with Gasteiger partial charge in [0.1, 0.15) is 5.75 Å². The summed E-state index contributed by atoms with van der Waals surface area (Å²) in [6.45, 7) is 0.734. The number of carbonyl (C=O) groups is 1. The molecule has 0 bridgehead atoms. The molecule has 0 unspecified atom stereocenters. The standard InChI is InChI=1S/C19H22BrClN2O4/c1-23(10-12-5-7-16(26-3)19(27-4)18(12)20)11-17(24)22-14-9-13(21)6-8-15(14)25-2/h5-9H,10-11H2,1-4H3,(H,22,24). The highest BCUT2D eigenvalue weighted by Gasteiger charge is 2.16. The monoisotopic (exact) mass is 456 g/mol. The van der Waals surface area contributed by atoms with Crippen molar-refractivity contribution in [3.05, 3.63) is 45.4 Å². The summed E-state index contributed by atoms with van der Waals surface area (Å²) in [5.41, 5.74) is 1.51. The molecule has 0 heterocycles. The van der Waals surface area contributed by atoms with Crippen LogP contribution in [0.1, 0.15) is 5.56 Å². The fraction of sp³-hybridized carbons (Fsp3) is 0.316. The summed E-state index contributed by atoms with van der Waals surface area (Å²) >= 11 is 9.54. The third kappa shape index (κ3) is 5.51. The Balaban J connectivity index is 2.05. The topological polar surface area (TPSA) is 60.0 Å². The van der Waals surface area contributed by atoms with Crippen LogP contribution in [0.4, 0.5) is 5.69 Å². The first-order chi connectivity index (χ1) is 12.9. The number of methoxy groups -OCH3 is 3. The van der Waals surface area contributed by atoms with Gasteiger partial charge in [0.2, 0.25) is 5.91 Å². The number of benzene rings is 2. The van der Waals surface area contributed by atoms with Gasteiger partial charge in [0.05, 0.1) is 38.0 Å². The lowest BCUT2D eigenvalue weighted by Crippen LogP contribution is -2.30. The lowest BCUT2D eigenvalue weighted by atomic mass is 10.2. The highest BCUT2D eigenvalue weighted by atomic mass is 79.9. The van der Waals surface area contributed by atoms with Crippen LogP contribution in [0.25, 0.3) is 0 Å². The average Bonchev–Trinajstić information content (AvgIpc) is 2.63. The molecule has 1 amide bonds. The summed E-state index contributed by atoms with van der Waals surface area (Å²) in [6, 6.07) is 8.84. The Bertz CT molecular complexity index is 817. The van der Waals surface area contributed by atoms with E-state index in [2.05, 4.69) is 21.2 Å². The van der Waals surface area contributed by atoms with E-state index in [9.17, 15) is 4.79 Å². The minimum atomic E-state index is -0.172. The number of hydrogen-bond donors (Lipinski definition) is 1. The molecule has 8 heteroatoms. The first kappa shape index (κ1) is 21.3. The molecule has 2 rings (SSSR count). The van der Waals surface area contributed by atoms with Crippen molar-refractivity contribution in [1.82, 2.24) is 4.90 Å². The van der Waals surface area contributed by atoms with E-state index in [0.717, 1.165) is 10.0 Å². The van der Waals surface area contributed by atoms with Crippen molar-refractivity contribution in [2.24, 2.45) is 0 Å². The summed E-state index contributed by atoms with van der Waals surface area (Å²) in [6.07, 6.45) is 0. The van der Waals surface area contributed by atoms with Gasteiger partial charge in [-0.1, -0.05) is 17.7 Å². The molecule has 27 heavy (non-hydrogen) atoms. The molecular formula is C19H22BrClN2O4. The molecule has 1 N–H and O–H groups in total. The van der Waals surface area contributed by atoms with Crippen LogP contribution in [0.3, 0.4) is 0 Å². The van der Waals surface area contributed by atoms with Gasteiger partial charge in [-0.15, -0.1) is 0 Å². The van der Waals surface area contributed by atoms with Crippen molar-refractivity contribution in [3.8, 4) is 17.2 Å². The lowest BCUT2D eigenvalue weighted by molar-refractivity contribution is -0.117. The summed E-state index contributed by atoms with van der Waals surface area (Å²) in [5, 5.41) is 3.35. The van der Waals surface area contributed by atoms with Gasteiger partial charge in [-0.05, 0) is 52.8 Å². The molecule has 0 saturated carbocycles. The van der Waals surface area contributed by atoms with E-state index in [1.165, 1.54) is 0 Å². The van der Waals surface area contributed by atoms with E-state index in [4.69, 9.17) is 25.8 Å². The number of ether oxygens (including phenoxy) is 3. The molecular weight excluding hydrogens is 436 g/mol. The molecule has 0 aromatic heterocycles. The number of likely N-dealkylation sites (N-methyl/N-ethyl adjacent to an activating group) is 1. The summed E-state index contributed by atoms with van der Waals surface area (Å²) in [4.78, 5) is 14.3. The lowest BCUT2D eigenvalue weighted by Gasteiger charge is -2.19. The van der Waals surface area contributed by atoms with Crippen LogP contribution >= 0.6 is 27.5 Å². The third-order valence-electron chi connectivity index (χ3n) is 3.85. The zero-order valence-corrected chi connectivity index (χ0v) is 18.0. The molecule has 0 aliphatic heterocycles. The minimum Gasteiger partial charge on any atom is -0.495 e. The van der Waals surface area contributed by atoms with E-state index in [0.29, 0.717) is 34.5 Å². The second kappa shape index (κ2) is 9.82. The Hall–Kier alpha value is -1.96. The maximum atomic E-state index is 12.4. The molecule has 0 atom stereocenters. The number of halogens is 2. The highest BCUT2D eigenvalue weighted by Crippen LogP contribution is 2.37. The predicted molar refractivity (Wildman–Crippen MR) is 110 cm³/mol. The fourth-order valence-electron chi connectivity index (χ4n) is 2.61. The van der Waals surface area contributed by atoms with Gasteiger partial charge < -0.3 is 19.5 Å². The molecule has 0 radical (unpaired) electrons. The summed E-state index contributed by atoms with van der Waals surface area (Å²) < 4.78 is 16.7. The van der Waals surface area contributed by atoms with Crippen molar-refractivity contribution in [3.63, 3.8) is 0 Å². The molecule has 0 fully saturated rings. The largest absolute Gasteiger partial charge is 0.495 e. The number of carbonyl (C=O) groups excluding carboxylic acids is 1. The van der Waals surface area contributed by atoms with Gasteiger partial charge in [-0.3, -0.25) is 9.69 Å². The highest BCUT2D eigenvalue weighted by molar-refractivity contribution is 9.10. The number of rotatable bonds is 8. The Morgan fingerprint density at radius 3 is 2.41 bits per heavy atom. The molecule has 6 nitrogen and oxygen atoms in total. The number of amides is 1. The average molecular weight is 458 g/mol. The van der Waals surface area contributed by atoms with Crippen molar-refractivity contribution in [1.29, 1.82) is 0 Å². The van der Waals surface area contributed by atoms with Gasteiger partial charge in [0.15, 0.2) is 11.5 Å². The van der Waals surface area contributed by atoms with E-state index in [1.54, 1.807) is 39.5 Å². The summed E-state index contributed by atoms with van der Waals surface area (Å²) in [7, 11) is 6.57. The van der Waals surface area contributed by atoms with Crippen LogP contribution in [-0.2, 0) is 11.3 Å². The van der Waals surface area contributed by atoms with Crippen LogP contribution in [0, 0.1) is 0 Å². The fourth-order valence-corrected chi connectivity index (χ4v) is 3.40. The minimum absolute atomic E-state index is 0.172. The molecule has 2 aromatic carbocycles. The summed E-state index contributed by atoms with van der Waals surface area (Å²) in [5.74, 6) is 1.64. The van der Waals surface area contributed by atoms with Gasteiger partial charge in [0, 0.05) is 11.6 Å². The van der Waals surface area contributed by atoms with Crippen LogP contribution in [0.5, 0.6) is 17.2 Å². The molecule has 0 aliphatic rings. The Morgan fingerprint density at radius 1 is 1.11 bits per heavy atom. The quantitative estimate of drug-likeness (QED) is 0.644. The maximum Gasteiger partial charge on any atom is 0.238 e. The van der Waals surface area contributed by atoms with E-state index in [-0.39, 0.29) is 12.5 Å². The van der Waals surface area contributed by atoms with Crippen LogP contribution < -0.4 is 19.5 Å². The maximum absolute atomic E-state index is 12.4. The zero-order chi connectivity index (χ0) is 20.0. The van der Waals surface area contributed by atoms with Gasteiger partial charge in [-0.25, -0.2) is 0 Å². The third-order valence-corrected chi connectivity index (χ3v) is 4.96. The first-order valence-electron chi connectivity index (χ1n) is 8.10. The van der Waals surface area contributed by atoms with E-state index >= 15 is 0 Å².